The number of hydrazine groups is 1. The monoisotopic (exact) mass is 261 g/mol. The first kappa shape index (κ1) is 13.5. The summed E-state index contributed by atoms with van der Waals surface area (Å²) in [4.78, 5) is 23.7. The number of hydrogen-bond donors (Lipinski definition) is 2. The van der Waals surface area contributed by atoms with Crippen LogP contribution in [0.1, 0.15) is 32.1 Å². The van der Waals surface area contributed by atoms with Crippen LogP contribution in [0.2, 0.25) is 0 Å². The predicted molar refractivity (Wildman–Crippen MR) is 73.0 cm³/mol. The second kappa shape index (κ2) is 6.33. The number of nitrogens with zero attached hydrogens (tertiary/aromatic N) is 1. The first-order valence-corrected chi connectivity index (χ1v) is 6.63. The molecule has 2 amide bonds. The lowest BCUT2D eigenvalue weighted by Gasteiger charge is -2.29. The zero-order valence-electron chi connectivity index (χ0n) is 10.8. The van der Waals surface area contributed by atoms with Crippen molar-refractivity contribution in [1.82, 2.24) is 5.01 Å². The minimum Gasteiger partial charge on any atom is -0.318 e. The van der Waals surface area contributed by atoms with E-state index < -0.39 is 11.8 Å². The molecule has 0 saturated heterocycles. The van der Waals surface area contributed by atoms with Crippen molar-refractivity contribution in [3.63, 3.8) is 0 Å². The Bertz CT molecular complexity index is 441. The molecule has 1 aliphatic carbocycles. The van der Waals surface area contributed by atoms with E-state index in [-0.39, 0.29) is 6.04 Å². The highest BCUT2D eigenvalue weighted by molar-refractivity contribution is 6.39. The molecule has 5 heteroatoms. The van der Waals surface area contributed by atoms with Gasteiger partial charge in [-0.3, -0.25) is 14.6 Å². The molecule has 19 heavy (non-hydrogen) atoms. The summed E-state index contributed by atoms with van der Waals surface area (Å²) in [5.41, 5.74) is 0.595. The van der Waals surface area contributed by atoms with Crippen LogP contribution in [-0.2, 0) is 9.59 Å². The molecule has 1 aliphatic rings. The smallest absolute Gasteiger partial charge is 0.318 e. The first-order chi connectivity index (χ1) is 9.18. The van der Waals surface area contributed by atoms with Crippen molar-refractivity contribution in [3.8, 4) is 0 Å². The highest BCUT2D eigenvalue weighted by Crippen LogP contribution is 2.20. The van der Waals surface area contributed by atoms with Crippen LogP contribution in [0, 0.1) is 0 Å². The average Bonchev–Trinajstić information content (AvgIpc) is 2.47. The molecule has 1 saturated carbocycles. The summed E-state index contributed by atoms with van der Waals surface area (Å²) >= 11 is 0. The van der Waals surface area contributed by atoms with Crippen molar-refractivity contribution < 1.29 is 9.59 Å². The van der Waals surface area contributed by atoms with Gasteiger partial charge in [-0.2, -0.15) is 0 Å². The van der Waals surface area contributed by atoms with Gasteiger partial charge in [0.1, 0.15) is 0 Å². The van der Waals surface area contributed by atoms with E-state index in [0.717, 1.165) is 30.7 Å². The Morgan fingerprint density at radius 2 is 1.74 bits per heavy atom. The van der Waals surface area contributed by atoms with Gasteiger partial charge in [-0.25, -0.2) is 5.84 Å². The van der Waals surface area contributed by atoms with E-state index in [1.54, 1.807) is 24.3 Å². The number of para-hydroxylation sites is 1. The molecule has 1 aromatic rings. The summed E-state index contributed by atoms with van der Waals surface area (Å²) in [5, 5.41) is 3.65. The van der Waals surface area contributed by atoms with Crippen molar-refractivity contribution in [3.05, 3.63) is 30.3 Å². The SMILES string of the molecule is NN(C(=O)C(=O)Nc1ccccc1)C1CCCCC1. The Morgan fingerprint density at radius 1 is 1.11 bits per heavy atom. The minimum atomic E-state index is -0.681. The summed E-state index contributed by atoms with van der Waals surface area (Å²) in [5.74, 6) is 4.42. The number of amides is 2. The van der Waals surface area contributed by atoms with Crippen molar-refractivity contribution >= 4 is 17.5 Å². The fourth-order valence-corrected chi connectivity index (χ4v) is 2.35. The fraction of sp³-hybridized carbons (Fsp3) is 0.429. The zero-order valence-corrected chi connectivity index (χ0v) is 10.8. The second-order valence-electron chi connectivity index (χ2n) is 4.82. The van der Waals surface area contributed by atoms with Gasteiger partial charge in [0.05, 0.1) is 0 Å². The number of nitrogens with two attached hydrogens (primary N) is 1. The Kier molecular flexibility index (Phi) is 4.52. The third kappa shape index (κ3) is 3.54. The van der Waals surface area contributed by atoms with Crippen LogP contribution in [0.25, 0.3) is 0 Å². The van der Waals surface area contributed by atoms with E-state index in [1.807, 2.05) is 6.07 Å². The molecule has 0 radical (unpaired) electrons. The van der Waals surface area contributed by atoms with Crippen LogP contribution in [0.4, 0.5) is 5.69 Å². The lowest BCUT2D eigenvalue weighted by atomic mass is 9.95. The predicted octanol–water partition coefficient (Wildman–Crippen LogP) is 1.66. The topological polar surface area (TPSA) is 75.4 Å². The van der Waals surface area contributed by atoms with E-state index in [2.05, 4.69) is 5.32 Å². The normalized spacial score (nSPS) is 15.8. The molecule has 0 heterocycles. The number of anilines is 1. The van der Waals surface area contributed by atoms with Gasteiger partial charge in [0, 0.05) is 11.7 Å². The second-order valence-corrected chi connectivity index (χ2v) is 4.82. The maximum atomic E-state index is 11.9. The highest BCUT2D eigenvalue weighted by Gasteiger charge is 2.27. The maximum Gasteiger partial charge on any atom is 0.326 e. The van der Waals surface area contributed by atoms with E-state index in [4.69, 9.17) is 5.84 Å². The molecule has 5 nitrogen and oxygen atoms in total. The molecule has 1 aromatic carbocycles. The Balaban J connectivity index is 1.93. The van der Waals surface area contributed by atoms with Gasteiger partial charge >= 0.3 is 11.8 Å². The third-order valence-electron chi connectivity index (χ3n) is 3.43. The molecule has 3 N–H and O–H groups in total. The van der Waals surface area contributed by atoms with Crippen LogP contribution in [0.5, 0.6) is 0 Å². The van der Waals surface area contributed by atoms with Gasteiger partial charge in [0.2, 0.25) is 0 Å². The summed E-state index contributed by atoms with van der Waals surface area (Å²) in [6, 6.07) is 8.87. The first-order valence-electron chi connectivity index (χ1n) is 6.63. The fourth-order valence-electron chi connectivity index (χ4n) is 2.35. The Hall–Kier alpha value is -1.88. The standard InChI is InChI=1S/C14H19N3O2/c15-17(12-9-5-2-6-10-12)14(19)13(18)16-11-7-3-1-4-8-11/h1,3-4,7-8,12H,2,5-6,9-10,15H2,(H,16,18). The minimum absolute atomic E-state index is 0.0113. The van der Waals surface area contributed by atoms with Gasteiger partial charge in [-0.05, 0) is 25.0 Å². The summed E-state index contributed by atoms with van der Waals surface area (Å²) in [7, 11) is 0. The number of hydrogen-bond acceptors (Lipinski definition) is 3. The van der Waals surface area contributed by atoms with Crippen LogP contribution in [0.15, 0.2) is 30.3 Å². The Morgan fingerprint density at radius 3 is 2.37 bits per heavy atom. The van der Waals surface area contributed by atoms with Crippen molar-refractivity contribution in [2.24, 2.45) is 5.84 Å². The van der Waals surface area contributed by atoms with Gasteiger partial charge in [0.25, 0.3) is 0 Å². The summed E-state index contributed by atoms with van der Waals surface area (Å²) < 4.78 is 0. The maximum absolute atomic E-state index is 11.9. The quantitative estimate of drug-likeness (QED) is 0.368. The van der Waals surface area contributed by atoms with Crippen LogP contribution >= 0.6 is 0 Å². The summed E-state index contributed by atoms with van der Waals surface area (Å²) in [6.07, 6.45) is 5.05. The largest absolute Gasteiger partial charge is 0.326 e. The van der Waals surface area contributed by atoms with Crippen LogP contribution in [0.3, 0.4) is 0 Å². The molecule has 2 rings (SSSR count). The molecule has 0 bridgehead atoms. The molecule has 0 unspecified atom stereocenters. The third-order valence-corrected chi connectivity index (χ3v) is 3.43. The van der Waals surface area contributed by atoms with Gasteiger partial charge in [-0.1, -0.05) is 37.5 Å². The number of carbonyl (C=O) groups is 2. The number of rotatable bonds is 2. The van der Waals surface area contributed by atoms with E-state index in [1.165, 1.54) is 6.42 Å². The van der Waals surface area contributed by atoms with Crippen LogP contribution in [-0.4, -0.2) is 22.9 Å². The highest BCUT2D eigenvalue weighted by atomic mass is 16.2. The lowest BCUT2D eigenvalue weighted by Crippen LogP contribution is -2.50. The van der Waals surface area contributed by atoms with E-state index in [0.29, 0.717) is 5.69 Å². The molecule has 0 atom stereocenters. The van der Waals surface area contributed by atoms with Crippen molar-refractivity contribution in [1.29, 1.82) is 0 Å². The molecule has 0 aromatic heterocycles. The number of carbonyl (C=O) groups excluding carboxylic acids is 2. The van der Waals surface area contributed by atoms with Gasteiger partial charge in [0.15, 0.2) is 0 Å². The zero-order chi connectivity index (χ0) is 13.7. The molecular weight excluding hydrogens is 242 g/mol. The molecule has 1 fully saturated rings. The molecule has 0 spiro atoms. The van der Waals surface area contributed by atoms with E-state index in [9.17, 15) is 9.59 Å². The average molecular weight is 261 g/mol. The van der Waals surface area contributed by atoms with Crippen molar-refractivity contribution in [2.45, 2.75) is 38.1 Å². The van der Waals surface area contributed by atoms with Crippen LogP contribution < -0.4 is 11.2 Å². The number of benzene rings is 1. The van der Waals surface area contributed by atoms with Gasteiger partial charge < -0.3 is 5.32 Å². The molecule has 0 aliphatic heterocycles. The number of nitrogens with one attached hydrogen (secondary N) is 1. The summed E-state index contributed by atoms with van der Waals surface area (Å²) in [6.45, 7) is 0. The van der Waals surface area contributed by atoms with E-state index >= 15 is 0 Å². The molecule has 102 valence electrons. The molecular formula is C14H19N3O2. The lowest BCUT2D eigenvalue weighted by molar-refractivity contribution is -0.145. The van der Waals surface area contributed by atoms with Crippen molar-refractivity contribution in [2.75, 3.05) is 5.32 Å². The van der Waals surface area contributed by atoms with Gasteiger partial charge in [-0.15, -0.1) is 0 Å². The Labute approximate surface area is 112 Å².